The van der Waals surface area contributed by atoms with Crippen molar-refractivity contribution in [2.75, 3.05) is 25.6 Å². The van der Waals surface area contributed by atoms with Crippen molar-refractivity contribution in [3.63, 3.8) is 0 Å². The second kappa shape index (κ2) is 37.9. The van der Waals surface area contributed by atoms with Gasteiger partial charge in [0.05, 0.1) is 13.2 Å². The lowest BCUT2D eigenvalue weighted by Crippen LogP contribution is -2.36. The molecule has 0 spiro atoms. The zero-order valence-electron chi connectivity index (χ0n) is 41.3. The fourth-order valence-corrected chi connectivity index (χ4v) is 9.10. The number of ether oxygens (including phenoxy) is 3. The van der Waals surface area contributed by atoms with Crippen molar-refractivity contribution in [3.05, 3.63) is 95.7 Å². The summed E-state index contributed by atoms with van der Waals surface area (Å²) in [5, 5.41) is 20.9. The monoisotopic (exact) mass is 1030 g/mol. The molecule has 0 radical (unpaired) electrons. The van der Waals surface area contributed by atoms with Crippen LogP contribution in [0.3, 0.4) is 0 Å². The first-order valence-corrected chi connectivity index (χ1v) is 27.9. The van der Waals surface area contributed by atoms with E-state index in [1.54, 1.807) is 0 Å². The number of esters is 2. The second-order valence-electron chi connectivity index (χ2n) is 16.9. The second-order valence-corrected chi connectivity index (χ2v) is 20.0. The minimum absolute atomic E-state index is 0.0767. The minimum Gasteiger partial charge on any atom is -0.462 e. The lowest BCUT2D eigenvalue weighted by Gasteiger charge is -2.21. The molecule has 0 aromatic carbocycles. The molecule has 1 aliphatic rings. The van der Waals surface area contributed by atoms with Crippen molar-refractivity contribution in [2.24, 2.45) is 0 Å². The number of aliphatic hydroxyl groups excluding tert-OH is 2. The summed E-state index contributed by atoms with van der Waals surface area (Å²) in [6, 6.07) is 1.24. The number of allylic oxidation sites excluding steroid dienone is 12. The molecule has 396 valence electrons. The third kappa shape index (κ3) is 30.2. The van der Waals surface area contributed by atoms with Gasteiger partial charge in [-0.3, -0.25) is 23.2 Å². The number of unbranched alkanes of at least 4 members (excludes halogenated alkanes) is 12. The number of phosphoric ester groups is 2. The molecule has 0 amide bonds. The lowest BCUT2D eigenvalue weighted by molar-refractivity contribution is -0.161. The molecular formula is C50H81N3O15P2. The Kier molecular flexibility index (Phi) is 33.7. The van der Waals surface area contributed by atoms with E-state index in [0.717, 1.165) is 68.6 Å². The number of anilines is 1. The van der Waals surface area contributed by atoms with E-state index in [4.69, 9.17) is 29.0 Å². The number of aromatic nitrogens is 2. The van der Waals surface area contributed by atoms with Crippen LogP contribution in [0.1, 0.15) is 161 Å². The van der Waals surface area contributed by atoms with Gasteiger partial charge in [-0.25, -0.2) is 13.9 Å². The minimum atomic E-state index is -5.44. The molecule has 0 aliphatic carbocycles. The highest BCUT2D eigenvalue weighted by Crippen LogP contribution is 2.60. The Hall–Kier alpha value is -3.80. The molecule has 18 nitrogen and oxygen atoms in total. The third-order valence-corrected chi connectivity index (χ3v) is 13.4. The standard InChI is InChI=1S/C50H81N3O15P2/c1-3-5-7-9-11-13-15-17-18-19-20-21-22-24-26-28-30-32-34-36-46(55)66-42(39-63-45(54)35-33-31-29-27-25-23-16-14-12-10-8-6-4-2)40-64-69(59,60)68-70(61,62)65-41-43-47(56)48(57)49(67-43)53-38-37-44(51)52-50(53)58/h5,7,11,13,17-18,20-21,24,26,30,32,37-38,42-43,47-49,56-57H,3-4,6,8-10,12,14-16,19,22-23,25,27-29,31,33-36,39-41H2,1-2H3,(H,59,60)(H,61,62)(H2,51,52,58)/t42-,43-,47+,48?,49-/m1/s1. The van der Waals surface area contributed by atoms with Crippen LogP contribution in [0, 0.1) is 0 Å². The molecular weight excluding hydrogens is 945 g/mol. The molecule has 1 saturated heterocycles. The quantitative estimate of drug-likeness (QED) is 0.0177. The molecule has 6 N–H and O–H groups in total. The number of phosphoric acid groups is 2. The zero-order chi connectivity index (χ0) is 51.3. The molecule has 7 atom stereocenters. The molecule has 0 bridgehead atoms. The SMILES string of the molecule is CCC=CCC=CCC=CCC=CCC=CCC=CCCC(=O)O[C@H](COC(=O)CCCCCCCCCCCCCCC)COP(=O)(O)OP(=O)(O)OC[C@H]1O[C@@H](n2ccc(N)nc2=O)C(O)[C@H]1O. The van der Waals surface area contributed by atoms with Crippen molar-refractivity contribution < 1.29 is 66.3 Å². The highest BCUT2D eigenvalue weighted by molar-refractivity contribution is 7.61. The highest BCUT2D eigenvalue weighted by Gasteiger charge is 2.46. The van der Waals surface area contributed by atoms with Gasteiger partial charge in [0.2, 0.25) is 0 Å². The number of nitrogens with zero attached hydrogens (tertiary/aromatic N) is 2. The van der Waals surface area contributed by atoms with Gasteiger partial charge in [0.15, 0.2) is 12.3 Å². The Bertz CT molecular complexity index is 1950. The Morgan fingerprint density at radius 1 is 0.700 bits per heavy atom. The van der Waals surface area contributed by atoms with Gasteiger partial charge in [0.25, 0.3) is 0 Å². The molecule has 0 saturated carbocycles. The summed E-state index contributed by atoms with van der Waals surface area (Å²) in [6.07, 6.45) is 38.6. The van der Waals surface area contributed by atoms with E-state index >= 15 is 0 Å². The van der Waals surface area contributed by atoms with Crippen LogP contribution in [0.25, 0.3) is 0 Å². The maximum Gasteiger partial charge on any atom is 0.481 e. The maximum absolute atomic E-state index is 12.8. The van der Waals surface area contributed by atoms with E-state index in [1.165, 1.54) is 57.4 Å². The number of hydrogen-bond donors (Lipinski definition) is 5. The fraction of sp³-hybridized carbons (Fsp3) is 0.640. The molecule has 3 unspecified atom stereocenters. The first-order valence-electron chi connectivity index (χ1n) is 24.9. The van der Waals surface area contributed by atoms with E-state index in [0.29, 0.717) is 19.3 Å². The Morgan fingerprint density at radius 2 is 1.20 bits per heavy atom. The van der Waals surface area contributed by atoms with Crippen LogP contribution >= 0.6 is 15.6 Å². The van der Waals surface area contributed by atoms with Crippen LogP contribution in [-0.4, -0.2) is 85.7 Å². The number of rotatable bonds is 40. The fourth-order valence-electron chi connectivity index (χ4n) is 6.99. The largest absolute Gasteiger partial charge is 0.481 e. The molecule has 70 heavy (non-hydrogen) atoms. The molecule has 1 aliphatic heterocycles. The Labute approximate surface area is 415 Å². The van der Waals surface area contributed by atoms with Crippen LogP contribution in [0.5, 0.6) is 0 Å². The van der Waals surface area contributed by atoms with Gasteiger partial charge in [0.1, 0.15) is 30.7 Å². The van der Waals surface area contributed by atoms with Crippen molar-refractivity contribution in [1.82, 2.24) is 9.55 Å². The summed E-state index contributed by atoms with van der Waals surface area (Å²) in [5.41, 5.74) is 4.58. The third-order valence-electron chi connectivity index (χ3n) is 10.8. The molecule has 20 heteroatoms. The first-order chi connectivity index (χ1) is 33.7. The van der Waals surface area contributed by atoms with Crippen molar-refractivity contribution in [3.8, 4) is 0 Å². The first kappa shape index (κ1) is 62.3. The smallest absolute Gasteiger partial charge is 0.462 e. The number of nitrogen functional groups attached to an aromatic ring is 1. The summed E-state index contributed by atoms with van der Waals surface area (Å²) in [6.45, 7) is 1.96. The van der Waals surface area contributed by atoms with E-state index < -0.39 is 83.7 Å². The predicted molar refractivity (Wildman–Crippen MR) is 270 cm³/mol. The summed E-state index contributed by atoms with van der Waals surface area (Å²) in [5.74, 6) is -1.40. The van der Waals surface area contributed by atoms with Crippen LogP contribution in [0.15, 0.2) is 90.0 Å². The molecule has 1 aromatic rings. The summed E-state index contributed by atoms with van der Waals surface area (Å²) < 4.78 is 56.6. The van der Waals surface area contributed by atoms with Gasteiger partial charge in [-0.15, -0.1) is 0 Å². The van der Waals surface area contributed by atoms with Crippen molar-refractivity contribution in [2.45, 2.75) is 186 Å². The highest BCUT2D eigenvalue weighted by atomic mass is 31.3. The number of nitrogens with two attached hydrogens (primary N) is 1. The number of aliphatic hydroxyl groups is 2. The average Bonchev–Trinajstić information content (AvgIpc) is 3.59. The molecule has 1 fully saturated rings. The van der Waals surface area contributed by atoms with Crippen LogP contribution in [-0.2, 0) is 46.3 Å². The molecule has 2 heterocycles. The van der Waals surface area contributed by atoms with Gasteiger partial charge in [-0.1, -0.05) is 164 Å². The normalized spacial score (nSPS) is 19.9. The molecule has 2 rings (SSSR count). The van der Waals surface area contributed by atoms with Crippen LogP contribution < -0.4 is 11.4 Å². The topological polar surface area (TPSA) is 265 Å². The van der Waals surface area contributed by atoms with Crippen LogP contribution in [0.2, 0.25) is 0 Å². The van der Waals surface area contributed by atoms with Crippen molar-refractivity contribution in [1.29, 1.82) is 0 Å². The number of carbonyl (C=O) groups excluding carboxylic acids is 2. The Morgan fingerprint density at radius 3 is 1.73 bits per heavy atom. The van der Waals surface area contributed by atoms with Gasteiger partial charge in [-0.2, -0.15) is 9.29 Å². The Balaban J connectivity index is 1.84. The van der Waals surface area contributed by atoms with Gasteiger partial charge < -0.3 is 39.9 Å². The summed E-state index contributed by atoms with van der Waals surface area (Å²) in [7, 11) is -10.9. The lowest BCUT2D eigenvalue weighted by atomic mass is 10.0. The van der Waals surface area contributed by atoms with Crippen LogP contribution in [0.4, 0.5) is 5.82 Å². The molecule has 1 aromatic heterocycles. The summed E-state index contributed by atoms with van der Waals surface area (Å²) in [4.78, 5) is 61.8. The van der Waals surface area contributed by atoms with Gasteiger partial charge >= 0.3 is 33.3 Å². The summed E-state index contributed by atoms with van der Waals surface area (Å²) >= 11 is 0. The maximum atomic E-state index is 12.8. The average molecular weight is 1030 g/mol. The zero-order valence-corrected chi connectivity index (χ0v) is 43.1. The van der Waals surface area contributed by atoms with Crippen molar-refractivity contribution >= 4 is 33.4 Å². The van der Waals surface area contributed by atoms with E-state index in [2.05, 4.69) is 71.8 Å². The van der Waals surface area contributed by atoms with E-state index in [-0.39, 0.29) is 18.7 Å². The van der Waals surface area contributed by atoms with Gasteiger partial charge in [0, 0.05) is 19.0 Å². The van der Waals surface area contributed by atoms with Gasteiger partial charge in [-0.05, 0) is 57.4 Å². The number of hydrogen-bond acceptors (Lipinski definition) is 15. The predicted octanol–water partition coefficient (Wildman–Crippen LogP) is 10.1. The van der Waals surface area contributed by atoms with E-state index in [9.17, 15) is 43.5 Å². The van der Waals surface area contributed by atoms with E-state index in [1.807, 2.05) is 24.3 Å². The number of carbonyl (C=O) groups is 2.